The maximum Gasteiger partial charge on any atom is 0.252 e. The Labute approximate surface area is 137 Å². The highest BCUT2D eigenvalue weighted by atomic mass is 79.9. The SMILES string of the molecule is O=C(NCC1(c2ccccc2)CC1)c1cc(Br)ccc1Cl. The summed E-state index contributed by atoms with van der Waals surface area (Å²) in [6, 6.07) is 15.7. The van der Waals surface area contributed by atoms with E-state index in [4.69, 9.17) is 11.6 Å². The second-order valence-electron chi connectivity index (χ2n) is 5.45. The van der Waals surface area contributed by atoms with E-state index in [1.807, 2.05) is 24.3 Å². The van der Waals surface area contributed by atoms with Gasteiger partial charge < -0.3 is 5.32 Å². The van der Waals surface area contributed by atoms with Gasteiger partial charge in [-0.1, -0.05) is 57.9 Å². The number of nitrogens with one attached hydrogen (secondary N) is 1. The van der Waals surface area contributed by atoms with Crippen LogP contribution in [0.5, 0.6) is 0 Å². The average molecular weight is 365 g/mol. The van der Waals surface area contributed by atoms with Crippen LogP contribution in [0, 0.1) is 0 Å². The molecule has 0 aromatic heterocycles. The Morgan fingerprint density at radius 3 is 2.57 bits per heavy atom. The van der Waals surface area contributed by atoms with E-state index in [0.29, 0.717) is 17.1 Å². The van der Waals surface area contributed by atoms with Crippen molar-refractivity contribution < 1.29 is 4.79 Å². The Balaban J connectivity index is 1.71. The van der Waals surface area contributed by atoms with Gasteiger partial charge in [0.05, 0.1) is 10.6 Å². The van der Waals surface area contributed by atoms with Crippen LogP contribution in [0.1, 0.15) is 28.8 Å². The average Bonchev–Trinajstić information content (AvgIpc) is 3.29. The Morgan fingerprint density at radius 2 is 1.90 bits per heavy atom. The molecule has 4 heteroatoms. The minimum absolute atomic E-state index is 0.107. The second-order valence-corrected chi connectivity index (χ2v) is 6.78. The predicted molar refractivity (Wildman–Crippen MR) is 88.8 cm³/mol. The van der Waals surface area contributed by atoms with Crippen molar-refractivity contribution in [1.82, 2.24) is 5.32 Å². The van der Waals surface area contributed by atoms with Gasteiger partial charge >= 0.3 is 0 Å². The van der Waals surface area contributed by atoms with Crippen molar-refractivity contribution in [2.24, 2.45) is 0 Å². The molecule has 1 aliphatic rings. The molecule has 108 valence electrons. The number of hydrogen-bond donors (Lipinski definition) is 1. The molecule has 1 N–H and O–H groups in total. The van der Waals surface area contributed by atoms with Gasteiger partial charge in [0, 0.05) is 16.4 Å². The van der Waals surface area contributed by atoms with E-state index in [1.165, 1.54) is 5.56 Å². The van der Waals surface area contributed by atoms with E-state index in [-0.39, 0.29) is 11.3 Å². The first-order valence-corrected chi connectivity index (χ1v) is 8.07. The van der Waals surface area contributed by atoms with Crippen LogP contribution in [0.15, 0.2) is 53.0 Å². The van der Waals surface area contributed by atoms with Crippen LogP contribution in [-0.2, 0) is 5.41 Å². The molecular weight excluding hydrogens is 350 g/mol. The van der Waals surface area contributed by atoms with Gasteiger partial charge in [-0.2, -0.15) is 0 Å². The van der Waals surface area contributed by atoms with E-state index in [0.717, 1.165) is 17.3 Å². The minimum atomic E-state index is -0.122. The molecule has 0 heterocycles. The molecule has 1 fully saturated rings. The molecule has 0 aliphatic heterocycles. The second kappa shape index (κ2) is 5.82. The van der Waals surface area contributed by atoms with Gasteiger partial charge in [-0.05, 0) is 36.6 Å². The quantitative estimate of drug-likeness (QED) is 0.846. The predicted octanol–water partition coefficient (Wildman–Crippen LogP) is 4.56. The van der Waals surface area contributed by atoms with Crippen molar-refractivity contribution >= 4 is 33.4 Å². The maximum atomic E-state index is 12.3. The van der Waals surface area contributed by atoms with Crippen molar-refractivity contribution in [3.63, 3.8) is 0 Å². The van der Waals surface area contributed by atoms with Gasteiger partial charge in [-0.25, -0.2) is 0 Å². The highest BCUT2D eigenvalue weighted by Gasteiger charge is 2.44. The van der Waals surface area contributed by atoms with Crippen LogP contribution >= 0.6 is 27.5 Å². The summed E-state index contributed by atoms with van der Waals surface area (Å²) >= 11 is 9.46. The van der Waals surface area contributed by atoms with Crippen molar-refractivity contribution in [3.05, 3.63) is 69.2 Å². The lowest BCUT2D eigenvalue weighted by atomic mass is 9.96. The molecule has 0 spiro atoms. The third-order valence-electron chi connectivity index (χ3n) is 4.00. The van der Waals surface area contributed by atoms with Gasteiger partial charge in [0.25, 0.3) is 5.91 Å². The zero-order valence-electron chi connectivity index (χ0n) is 11.4. The zero-order valence-corrected chi connectivity index (χ0v) is 13.7. The fourth-order valence-corrected chi connectivity index (χ4v) is 3.09. The Kier molecular flexibility index (Phi) is 4.05. The van der Waals surface area contributed by atoms with E-state index in [9.17, 15) is 4.79 Å². The van der Waals surface area contributed by atoms with Gasteiger partial charge in [-0.15, -0.1) is 0 Å². The number of hydrogen-bond acceptors (Lipinski definition) is 1. The standard InChI is InChI=1S/C17H15BrClNO/c18-13-6-7-15(19)14(10-13)16(21)20-11-17(8-9-17)12-4-2-1-3-5-12/h1-7,10H,8-9,11H2,(H,20,21). The Bertz CT molecular complexity index is 668. The molecule has 1 aliphatic carbocycles. The number of rotatable bonds is 4. The highest BCUT2D eigenvalue weighted by Crippen LogP contribution is 2.47. The monoisotopic (exact) mass is 363 g/mol. The highest BCUT2D eigenvalue weighted by molar-refractivity contribution is 9.10. The van der Waals surface area contributed by atoms with Crippen LogP contribution < -0.4 is 5.32 Å². The lowest BCUT2D eigenvalue weighted by Gasteiger charge is -2.17. The molecule has 0 unspecified atom stereocenters. The van der Waals surface area contributed by atoms with E-state index < -0.39 is 0 Å². The van der Waals surface area contributed by atoms with Gasteiger partial charge in [0.15, 0.2) is 0 Å². The van der Waals surface area contributed by atoms with Crippen molar-refractivity contribution in [2.75, 3.05) is 6.54 Å². The summed E-state index contributed by atoms with van der Waals surface area (Å²) in [6.45, 7) is 0.651. The number of amides is 1. The molecule has 2 nitrogen and oxygen atoms in total. The molecule has 0 atom stereocenters. The molecular formula is C17H15BrClNO. The van der Waals surface area contributed by atoms with Crippen LogP contribution in [-0.4, -0.2) is 12.5 Å². The summed E-state index contributed by atoms with van der Waals surface area (Å²) in [5.41, 5.74) is 1.91. The van der Waals surface area contributed by atoms with Crippen molar-refractivity contribution in [1.29, 1.82) is 0 Å². The van der Waals surface area contributed by atoms with Gasteiger partial charge in [-0.3, -0.25) is 4.79 Å². The Hall–Kier alpha value is -1.32. The lowest BCUT2D eigenvalue weighted by molar-refractivity contribution is 0.0950. The fourth-order valence-electron chi connectivity index (χ4n) is 2.53. The van der Waals surface area contributed by atoms with E-state index in [1.54, 1.807) is 12.1 Å². The number of carbonyl (C=O) groups excluding carboxylic acids is 1. The van der Waals surface area contributed by atoms with Crippen LogP contribution in [0.4, 0.5) is 0 Å². The largest absolute Gasteiger partial charge is 0.351 e. The maximum absolute atomic E-state index is 12.3. The third-order valence-corrected chi connectivity index (χ3v) is 4.82. The molecule has 2 aromatic rings. The Morgan fingerprint density at radius 1 is 1.19 bits per heavy atom. The first-order chi connectivity index (χ1) is 10.1. The van der Waals surface area contributed by atoms with E-state index in [2.05, 4.69) is 33.4 Å². The molecule has 21 heavy (non-hydrogen) atoms. The van der Waals surface area contributed by atoms with Crippen molar-refractivity contribution in [2.45, 2.75) is 18.3 Å². The molecule has 0 saturated heterocycles. The summed E-state index contributed by atoms with van der Waals surface area (Å²) in [5, 5.41) is 3.50. The van der Waals surface area contributed by atoms with Crippen molar-refractivity contribution in [3.8, 4) is 0 Å². The lowest BCUT2D eigenvalue weighted by Crippen LogP contribution is -2.32. The summed E-state index contributed by atoms with van der Waals surface area (Å²) < 4.78 is 0.848. The first-order valence-electron chi connectivity index (χ1n) is 6.90. The summed E-state index contributed by atoms with van der Waals surface area (Å²) in [7, 11) is 0. The summed E-state index contributed by atoms with van der Waals surface area (Å²) in [4.78, 5) is 12.3. The van der Waals surface area contributed by atoms with Crippen LogP contribution in [0.3, 0.4) is 0 Å². The zero-order chi connectivity index (χ0) is 14.9. The number of halogens is 2. The fraction of sp³-hybridized carbons (Fsp3) is 0.235. The van der Waals surface area contributed by atoms with Gasteiger partial charge in [0.1, 0.15) is 0 Å². The molecule has 0 radical (unpaired) electrons. The summed E-state index contributed by atoms with van der Waals surface area (Å²) in [5.74, 6) is -0.122. The third kappa shape index (κ3) is 3.14. The van der Waals surface area contributed by atoms with E-state index >= 15 is 0 Å². The molecule has 1 saturated carbocycles. The topological polar surface area (TPSA) is 29.1 Å². The molecule has 1 amide bonds. The van der Waals surface area contributed by atoms with Crippen LogP contribution in [0.25, 0.3) is 0 Å². The number of benzene rings is 2. The molecule has 3 rings (SSSR count). The molecule has 0 bridgehead atoms. The number of carbonyl (C=O) groups is 1. The van der Waals surface area contributed by atoms with Gasteiger partial charge in [0.2, 0.25) is 0 Å². The first kappa shape index (κ1) is 14.6. The normalized spacial score (nSPS) is 15.5. The molecule has 2 aromatic carbocycles. The smallest absolute Gasteiger partial charge is 0.252 e. The summed E-state index contributed by atoms with van der Waals surface area (Å²) in [6.07, 6.45) is 2.23. The minimum Gasteiger partial charge on any atom is -0.351 e. The van der Waals surface area contributed by atoms with Crippen LogP contribution in [0.2, 0.25) is 5.02 Å².